The molecule has 1 aliphatic heterocycles. The van der Waals surface area contributed by atoms with Gasteiger partial charge in [-0.15, -0.1) is 0 Å². The molecule has 0 radical (unpaired) electrons. The van der Waals surface area contributed by atoms with Crippen molar-refractivity contribution in [1.29, 1.82) is 0 Å². The third-order valence-corrected chi connectivity index (χ3v) is 4.92. The molecular formula is C19H24ClN5OS. The first-order chi connectivity index (χ1) is 13.1. The molecule has 2 N–H and O–H groups in total. The molecule has 144 valence electrons. The number of benzene rings is 1. The molecule has 0 aliphatic carbocycles. The van der Waals surface area contributed by atoms with E-state index in [9.17, 15) is 0 Å². The molecule has 1 aromatic carbocycles. The molecule has 2 heterocycles. The molecule has 0 saturated carbocycles. The highest BCUT2D eigenvalue weighted by Crippen LogP contribution is 2.22. The van der Waals surface area contributed by atoms with Gasteiger partial charge < -0.3 is 20.3 Å². The Morgan fingerprint density at radius 1 is 1.15 bits per heavy atom. The first-order valence-corrected chi connectivity index (χ1v) is 9.90. The summed E-state index contributed by atoms with van der Waals surface area (Å²) in [6.45, 7) is 2.59. The van der Waals surface area contributed by atoms with Crippen molar-refractivity contribution in [1.82, 2.24) is 15.3 Å². The lowest BCUT2D eigenvalue weighted by atomic mass is 10.2. The second kappa shape index (κ2) is 9.71. The van der Waals surface area contributed by atoms with E-state index in [1.165, 1.54) is 25.7 Å². The van der Waals surface area contributed by atoms with E-state index >= 15 is 0 Å². The van der Waals surface area contributed by atoms with Crippen molar-refractivity contribution >= 4 is 40.7 Å². The lowest BCUT2D eigenvalue weighted by molar-refractivity contribution is 0.397. The van der Waals surface area contributed by atoms with Crippen molar-refractivity contribution in [2.24, 2.45) is 0 Å². The molecule has 0 amide bonds. The summed E-state index contributed by atoms with van der Waals surface area (Å²) in [4.78, 5) is 11.3. The van der Waals surface area contributed by atoms with Crippen molar-refractivity contribution in [3.63, 3.8) is 0 Å². The summed E-state index contributed by atoms with van der Waals surface area (Å²) < 4.78 is 5.35. The van der Waals surface area contributed by atoms with E-state index in [4.69, 9.17) is 28.6 Å². The molecule has 1 saturated heterocycles. The minimum Gasteiger partial charge on any atom is -0.481 e. The van der Waals surface area contributed by atoms with Crippen molar-refractivity contribution in [3.05, 3.63) is 40.9 Å². The molecule has 8 heteroatoms. The number of nitrogens with zero attached hydrogens (tertiary/aromatic N) is 3. The molecule has 0 spiro atoms. The zero-order chi connectivity index (χ0) is 19.1. The lowest BCUT2D eigenvalue weighted by Crippen LogP contribution is -2.30. The Balaban J connectivity index is 1.64. The highest BCUT2D eigenvalue weighted by Gasteiger charge is 2.14. The molecule has 6 nitrogen and oxygen atoms in total. The number of aromatic nitrogens is 2. The van der Waals surface area contributed by atoms with Crippen LogP contribution in [-0.2, 0) is 6.54 Å². The van der Waals surface area contributed by atoms with Gasteiger partial charge in [0.05, 0.1) is 7.11 Å². The van der Waals surface area contributed by atoms with Crippen molar-refractivity contribution in [2.45, 2.75) is 32.2 Å². The fourth-order valence-electron chi connectivity index (χ4n) is 2.97. The third-order valence-electron chi connectivity index (χ3n) is 4.42. The molecule has 0 unspecified atom stereocenters. The van der Waals surface area contributed by atoms with E-state index in [1.54, 1.807) is 7.11 Å². The average Bonchev–Trinajstić information content (AvgIpc) is 2.97. The molecule has 1 aromatic heterocycles. The lowest BCUT2D eigenvalue weighted by Gasteiger charge is -2.22. The Morgan fingerprint density at radius 2 is 1.85 bits per heavy atom. The van der Waals surface area contributed by atoms with Crippen LogP contribution in [0.25, 0.3) is 0 Å². The van der Waals surface area contributed by atoms with Crippen LogP contribution < -0.4 is 20.3 Å². The third kappa shape index (κ3) is 5.94. The summed E-state index contributed by atoms with van der Waals surface area (Å²) in [5.74, 6) is 1.82. The van der Waals surface area contributed by atoms with E-state index in [0.29, 0.717) is 28.5 Å². The highest BCUT2D eigenvalue weighted by atomic mass is 35.5. The maximum absolute atomic E-state index is 5.91. The van der Waals surface area contributed by atoms with Crippen LogP contribution in [-0.4, -0.2) is 35.3 Å². The van der Waals surface area contributed by atoms with Crippen molar-refractivity contribution in [3.8, 4) is 5.88 Å². The molecule has 3 rings (SSSR count). The normalized spacial score (nSPS) is 14.4. The van der Waals surface area contributed by atoms with E-state index in [0.717, 1.165) is 24.5 Å². The van der Waals surface area contributed by atoms with Crippen LogP contribution in [0, 0.1) is 0 Å². The van der Waals surface area contributed by atoms with Gasteiger partial charge in [0.25, 0.3) is 0 Å². The predicted molar refractivity (Wildman–Crippen MR) is 114 cm³/mol. The number of ether oxygens (including phenoxy) is 1. The molecule has 0 atom stereocenters. The van der Waals surface area contributed by atoms with Crippen LogP contribution in [0.2, 0.25) is 5.02 Å². The van der Waals surface area contributed by atoms with Gasteiger partial charge in [0.2, 0.25) is 11.8 Å². The molecule has 27 heavy (non-hydrogen) atoms. The monoisotopic (exact) mass is 405 g/mol. The van der Waals surface area contributed by atoms with Crippen LogP contribution in [0.15, 0.2) is 30.3 Å². The summed E-state index contributed by atoms with van der Waals surface area (Å²) in [5, 5.41) is 7.39. The van der Waals surface area contributed by atoms with Crippen molar-refractivity contribution in [2.75, 3.05) is 30.4 Å². The van der Waals surface area contributed by atoms with Crippen LogP contribution in [0.3, 0.4) is 0 Å². The van der Waals surface area contributed by atoms with E-state index in [1.807, 2.05) is 30.3 Å². The topological polar surface area (TPSA) is 62.3 Å². The Bertz CT molecular complexity index is 763. The SMILES string of the molecule is COc1cc(N2CCCCCC2)nc(NC(=S)NCc2ccc(Cl)cc2)n1. The van der Waals surface area contributed by atoms with Crippen LogP contribution in [0.5, 0.6) is 5.88 Å². The maximum atomic E-state index is 5.91. The number of methoxy groups -OCH3 is 1. The molecular weight excluding hydrogens is 382 g/mol. The van der Waals surface area contributed by atoms with Gasteiger partial charge in [-0.2, -0.15) is 9.97 Å². The van der Waals surface area contributed by atoms with Crippen LogP contribution in [0.4, 0.5) is 11.8 Å². The Hall–Kier alpha value is -2.12. The largest absolute Gasteiger partial charge is 0.481 e. The number of thiocarbonyl (C=S) groups is 1. The summed E-state index contributed by atoms with van der Waals surface area (Å²) in [7, 11) is 1.61. The quantitative estimate of drug-likeness (QED) is 0.728. The average molecular weight is 406 g/mol. The number of halogens is 1. The number of rotatable bonds is 5. The van der Waals surface area contributed by atoms with E-state index in [2.05, 4.69) is 25.5 Å². The summed E-state index contributed by atoms with van der Waals surface area (Å²) >= 11 is 11.3. The standard InChI is InChI=1S/C19H24ClN5OS/c1-26-17-12-16(25-10-4-2-3-5-11-25)22-18(23-17)24-19(27)21-13-14-6-8-15(20)9-7-14/h6-9,12H,2-5,10-11,13H2,1H3,(H2,21,22,23,24,27). The summed E-state index contributed by atoms with van der Waals surface area (Å²) in [5.41, 5.74) is 1.08. The number of nitrogens with one attached hydrogen (secondary N) is 2. The fourth-order valence-corrected chi connectivity index (χ4v) is 3.25. The predicted octanol–water partition coefficient (Wildman–Crippen LogP) is 4.01. The minimum atomic E-state index is 0.433. The van der Waals surface area contributed by atoms with Crippen LogP contribution >= 0.6 is 23.8 Å². The van der Waals surface area contributed by atoms with Gasteiger partial charge in [0, 0.05) is 30.7 Å². The minimum absolute atomic E-state index is 0.433. The summed E-state index contributed by atoms with van der Waals surface area (Å²) in [6.07, 6.45) is 4.89. The van der Waals surface area contributed by atoms with Crippen LogP contribution in [0.1, 0.15) is 31.2 Å². The molecule has 0 bridgehead atoms. The van der Waals surface area contributed by atoms with Gasteiger partial charge in [-0.3, -0.25) is 0 Å². The van der Waals surface area contributed by atoms with Gasteiger partial charge >= 0.3 is 0 Å². The number of anilines is 2. The van der Waals surface area contributed by atoms with Gasteiger partial charge in [0.15, 0.2) is 5.11 Å². The highest BCUT2D eigenvalue weighted by molar-refractivity contribution is 7.80. The first kappa shape index (κ1) is 19.6. The second-order valence-electron chi connectivity index (χ2n) is 6.43. The number of hydrogen-bond donors (Lipinski definition) is 2. The first-order valence-electron chi connectivity index (χ1n) is 9.11. The van der Waals surface area contributed by atoms with Gasteiger partial charge in [-0.25, -0.2) is 0 Å². The van der Waals surface area contributed by atoms with Crippen molar-refractivity contribution < 1.29 is 4.74 Å². The summed E-state index contributed by atoms with van der Waals surface area (Å²) in [6, 6.07) is 9.50. The second-order valence-corrected chi connectivity index (χ2v) is 7.27. The maximum Gasteiger partial charge on any atom is 0.234 e. The smallest absolute Gasteiger partial charge is 0.234 e. The van der Waals surface area contributed by atoms with Gasteiger partial charge in [0.1, 0.15) is 5.82 Å². The zero-order valence-corrected chi connectivity index (χ0v) is 16.9. The Morgan fingerprint density at radius 3 is 2.52 bits per heavy atom. The molecule has 1 aliphatic rings. The molecule has 2 aromatic rings. The van der Waals surface area contributed by atoms with E-state index in [-0.39, 0.29) is 0 Å². The zero-order valence-electron chi connectivity index (χ0n) is 15.4. The Kier molecular flexibility index (Phi) is 7.06. The van der Waals surface area contributed by atoms with E-state index < -0.39 is 0 Å². The Labute approximate surface area is 170 Å². The fraction of sp³-hybridized carbons (Fsp3) is 0.421. The van der Waals surface area contributed by atoms with Gasteiger partial charge in [-0.1, -0.05) is 36.6 Å². The van der Waals surface area contributed by atoms with Gasteiger partial charge in [-0.05, 0) is 42.8 Å². The molecule has 1 fully saturated rings. The number of hydrogen-bond acceptors (Lipinski definition) is 5.